The van der Waals surface area contributed by atoms with Crippen LogP contribution >= 0.6 is 0 Å². The van der Waals surface area contributed by atoms with Gasteiger partial charge in [-0.15, -0.1) is 0 Å². The highest BCUT2D eigenvalue weighted by atomic mass is 32.2. The first kappa shape index (κ1) is 15.3. The van der Waals surface area contributed by atoms with Crippen molar-refractivity contribution in [1.29, 1.82) is 0 Å². The molecule has 0 unspecified atom stereocenters. The van der Waals surface area contributed by atoms with E-state index in [1.165, 1.54) is 4.31 Å². The summed E-state index contributed by atoms with van der Waals surface area (Å²) < 4.78 is 31.8. The lowest BCUT2D eigenvalue weighted by Crippen LogP contribution is -2.29. The largest absolute Gasteiger partial charge is 0.494 e. The van der Waals surface area contributed by atoms with Crippen molar-refractivity contribution in [3.05, 3.63) is 23.8 Å². The lowest BCUT2D eigenvalue weighted by molar-refractivity contribution is 0.336. The molecule has 112 valence electrons. The molecule has 0 aliphatic heterocycles. The molecule has 0 saturated heterocycles. The topological polar surface area (TPSA) is 72.6 Å². The highest BCUT2D eigenvalue weighted by molar-refractivity contribution is 7.89. The Hall–Kier alpha value is -1.11. The summed E-state index contributed by atoms with van der Waals surface area (Å²) >= 11 is 0. The number of benzene rings is 1. The Morgan fingerprint density at radius 2 is 2.10 bits per heavy atom. The molecule has 1 aromatic carbocycles. The number of hydrogen-bond donors (Lipinski definition) is 1. The minimum absolute atomic E-state index is 0.255. The highest BCUT2D eigenvalue weighted by Gasteiger charge is 2.29. The van der Waals surface area contributed by atoms with Crippen LogP contribution in [-0.2, 0) is 16.6 Å². The van der Waals surface area contributed by atoms with E-state index in [-0.39, 0.29) is 11.4 Å². The van der Waals surface area contributed by atoms with Gasteiger partial charge in [0, 0.05) is 25.7 Å². The monoisotopic (exact) mass is 298 g/mol. The van der Waals surface area contributed by atoms with Gasteiger partial charge in [-0.25, -0.2) is 12.7 Å². The molecule has 2 N–H and O–H groups in total. The maximum Gasteiger partial charge on any atom is 0.242 e. The standard InChI is InChI=1S/C14H22N2O3S/c1-3-19-14-7-6-13(8-12(14)9-15)20(17,18)16(2)10-11-4-5-11/h6-8,11H,3-5,9-10,15H2,1-2H3. The molecule has 0 aromatic heterocycles. The van der Waals surface area contributed by atoms with Gasteiger partial charge < -0.3 is 10.5 Å². The number of hydrogen-bond acceptors (Lipinski definition) is 4. The van der Waals surface area contributed by atoms with E-state index in [1.807, 2.05) is 6.92 Å². The third kappa shape index (κ3) is 3.31. The normalized spacial score (nSPS) is 15.6. The molecule has 6 heteroatoms. The summed E-state index contributed by atoms with van der Waals surface area (Å²) in [5.74, 6) is 1.17. The van der Waals surface area contributed by atoms with Crippen molar-refractivity contribution < 1.29 is 13.2 Å². The summed E-state index contributed by atoms with van der Waals surface area (Å²) in [6.45, 7) is 3.26. The zero-order chi connectivity index (χ0) is 14.8. The average Bonchev–Trinajstić information content (AvgIpc) is 3.23. The first-order chi connectivity index (χ1) is 9.48. The molecule has 2 rings (SSSR count). The van der Waals surface area contributed by atoms with Crippen LogP contribution in [0.1, 0.15) is 25.3 Å². The van der Waals surface area contributed by atoms with Gasteiger partial charge in [0.1, 0.15) is 5.75 Å². The minimum Gasteiger partial charge on any atom is -0.494 e. The molecule has 0 atom stereocenters. The summed E-state index contributed by atoms with van der Waals surface area (Å²) in [4.78, 5) is 0.282. The van der Waals surface area contributed by atoms with Crippen LogP contribution in [0, 0.1) is 5.92 Å². The second-order valence-electron chi connectivity index (χ2n) is 5.14. The lowest BCUT2D eigenvalue weighted by Gasteiger charge is -2.18. The van der Waals surface area contributed by atoms with E-state index in [4.69, 9.17) is 10.5 Å². The summed E-state index contributed by atoms with van der Waals surface area (Å²) in [6.07, 6.45) is 2.24. The number of ether oxygens (including phenoxy) is 1. The van der Waals surface area contributed by atoms with Gasteiger partial charge in [-0.05, 0) is 43.9 Å². The maximum atomic E-state index is 12.5. The number of nitrogens with two attached hydrogens (primary N) is 1. The zero-order valence-electron chi connectivity index (χ0n) is 12.0. The Kier molecular flexibility index (Phi) is 4.67. The third-order valence-electron chi connectivity index (χ3n) is 3.47. The fourth-order valence-electron chi connectivity index (χ4n) is 2.11. The number of nitrogens with zero attached hydrogens (tertiary/aromatic N) is 1. The van der Waals surface area contributed by atoms with Crippen LogP contribution in [0.3, 0.4) is 0 Å². The average molecular weight is 298 g/mol. The van der Waals surface area contributed by atoms with E-state index >= 15 is 0 Å². The Labute approximate surface area is 120 Å². The molecular formula is C14H22N2O3S. The predicted molar refractivity (Wildman–Crippen MR) is 78.0 cm³/mol. The maximum absolute atomic E-state index is 12.5. The van der Waals surface area contributed by atoms with Crippen LogP contribution in [0.5, 0.6) is 5.75 Å². The minimum atomic E-state index is -3.44. The van der Waals surface area contributed by atoms with Gasteiger partial charge in [0.25, 0.3) is 0 Å². The molecular weight excluding hydrogens is 276 g/mol. The second kappa shape index (κ2) is 6.11. The molecule has 0 radical (unpaired) electrons. The van der Waals surface area contributed by atoms with Crippen LogP contribution in [0.4, 0.5) is 0 Å². The molecule has 0 heterocycles. The van der Waals surface area contributed by atoms with E-state index in [2.05, 4.69) is 0 Å². The molecule has 1 aromatic rings. The van der Waals surface area contributed by atoms with Gasteiger partial charge >= 0.3 is 0 Å². The smallest absolute Gasteiger partial charge is 0.242 e. The number of sulfonamides is 1. The summed E-state index contributed by atoms with van der Waals surface area (Å²) in [5, 5.41) is 0. The molecule has 0 bridgehead atoms. The molecule has 1 aliphatic carbocycles. The quantitative estimate of drug-likeness (QED) is 0.829. The van der Waals surface area contributed by atoms with Gasteiger partial charge in [0.15, 0.2) is 0 Å². The fourth-order valence-corrected chi connectivity index (χ4v) is 3.41. The first-order valence-corrected chi connectivity index (χ1v) is 8.35. The first-order valence-electron chi connectivity index (χ1n) is 6.91. The van der Waals surface area contributed by atoms with Crippen LogP contribution in [0.15, 0.2) is 23.1 Å². The highest BCUT2D eigenvalue weighted by Crippen LogP contribution is 2.31. The van der Waals surface area contributed by atoms with Gasteiger partial charge in [0.05, 0.1) is 11.5 Å². The molecule has 1 fully saturated rings. The zero-order valence-corrected chi connectivity index (χ0v) is 12.8. The summed E-state index contributed by atoms with van der Waals surface area (Å²) in [5.41, 5.74) is 6.39. The summed E-state index contributed by atoms with van der Waals surface area (Å²) in [7, 11) is -1.80. The van der Waals surface area contributed by atoms with Crippen LogP contribution < -0.4 is 10.5 Å². The third-order valence-corrected chi connectivity index (χ3v) is 5.29. The second-order valence-corrected chi connectivity index (χ2v) is 7.18. The Balaban J connectivity index is 2.26. The lowest BCUT2D eigenvalue weighted by atomic mass is 10.2. The van der Waals surface area contributed by atoms with Crippen molar-refractivity contribution in [3.63, 3.8) is 0 Å². The van der Waals surface area contributed by atoms with Crippen molar-refractivity contribution in [3.8, 4) is 5.75 Å². The van der Waals surface area contributed by atoms with Crippen molar-refractivity contribution in [1.82, 2.24) is 4.31 Å². The van der Waals surface area contributed by atoms with Crippen molar-refractivity contribution in [2.45, 2.75) is 31.2 Å². The van der Waals surface area contributed by atoms with Gasteiger partial charge in [-0.2, -0.15) is 0 Å². The Bertz CT molecular complexity index is 568. The van der Waals surface area contributed by atoms with E-state index < -0.39 is 10.0 Å². The van der Waals surface area contributed by atoms with Crippen LogP contribution in [0.25, 0.3) is 0 Å². The molecule has 1 aliphatic rings. The van der Waals surface area contributed by atoms with Gasteiger partial charge in [-0.1, -0.05) is 0 Å². The van der Waals surface area contributed by atoms with Gasteiger partial charge in [-0.3, -0.25) is 0 Å². The molecule has 0 spiro atoms. The van der Waals surface area contributed by atoms with Crippen LogP contribution in [0.2, 0.25) is 0 Å². The van der Waals surface area contributed by atoms with Crippen LogP contribution in [-0.4, -0.2) is 32.9 Å². The van der Waals surface area contributed by atoms with Crippen molar-refractivity contribution >= 4 is 10.0 Å². The van der Waals surface area contributed by atoms with Crippen molar-refractivity contribution in [2.75, 3.05) is 20.2 Å². The Morgan fingerprint density at radius 1 is 1.40 bits per heavy atom. The predicted octanol–water partition coefficient (Wildman–Crippen LogP) is 1.57. The van der Waals surface area contributed by atoms with E-state index in [1.54, 1.807) is 25.2 Å². The van der Waals surface area contributed by atoms with Gasteiger partial charge in [0.2, 0.25) is 10.0 Å². The van der Waals surface area contributed by atoms with E-state index in [0.29, 0.717) is 30.4 Å². The fraction of sp³-hybridized carbons (Fsp3) is 0.571. The van der Waals surface area contributed by atoms with E-state index in [9.17, 15) is 8.42 Å². The van der Waals surface area contributed by atoms with Crippen molar-refractivity contribution in [2.24, 2.45) is 11.7 Å². The molecule has 0 amide bonds. The molecule has 20 heavy (non-hydrogen) atoms. The molecule has 5 nitrogen and oxygen atoms in total. The van der Waals surface area contributed by atoms with E-state index in [0.717, 1.165) is 12.8 Å². The SMILES string of the molecule is CCOc1ccc(S(=O)(=O)N(C)CC2CC2)cc1CN. The summed E-state index contributed by atoms with van der Waals surface area (Å²) in [6, 6.07) is 4.89. The molecule has 1 saturated carbocycles. The number of rotatable bonds is 7. The Morgan fingerprint density at radius 3 is 2.65 bits per heavy atom.